The number of aliphatic hydroxyl groups is 1. The summed E-state index contributed by atoms with van der Waals surface area (Å²) in [5.41, 5.74) is 2.94. The average Bonchev–Trinajstić information content (AvgIpc) is 2.93. The zero-order chi connectivity index (χ0) is 22.2. The lowest BCUT2D eigenvalue weighted by atomic mass is 10.0. The van der Waals surface area contributed by atoms with Gasteiger partial charge in [-0.05, 0) is 36.8 Å². The molecule has 1 aromatic heterocycles. The first-order valence-electron chi connectivity index (χ1n) is 9.87. The van der Waals surface area contributed by atoms with Crippen LogP contribution in [0.15, 0.2) is 57.1 Å². The van der Waals surface area contributed by atoms with E-state index in [2.05, 4.69) is 26.2 Å². The van der Waals surface area contributed by atoms with Crippen LogP contribution in [0.25, 0.3) is 0 Å². The van der Waals surface area contributed by atoms with Crippen molar-refractivity contribution >= 4 is 39.1 Å². The van der Waals surface area contributed by atoms with Crippen LogP contribution in [-0.4, -0.2) is 67.1 Å². The zero-order valence-corrected chi connectivity index (χ0v) is 19.0. The largest absolute Gasteiger partial charge is 0.469 e. The van der Waals surface area contributed by atoms with Crippen LogP contribution in [0.3, 0.4) is 0 Å². The van der Waals surface area contributed by atoms with E-state index in [9.17, 15) is 9.90 Å². The Balaban J connectivity index is 2.04. The number of esters is 1. The van der Waals surface area contributed by atoms with E-state index in [1.165, 1.54) is 14.2 Å². The van der Waals surface area contributed by atoms with E-state index < -0.39 is 12.1 Å². The fourth-order valence-corrected chi connectivity index (χ4v) is 3.54. The minimum absolute atomic E-state index is 0.182. The number of hydrogen-bond donors (Lipinski definition) is 2. The molecule has 2 atom stereocenters. The molecule has 0 amide bonds. The normalized spacial score (nSPS) is 16.5. The number of aromatic nitrogens is 1. The lowest BCUT2D eigenvalue weighted by Crippen LogP contribution is -2.40. The second-order valence-corrected chi connectivity index (χ2v) is 7.89. The van der Waals surface area contributed by atoms with E-state index in [4.69, 9.17) is 19.5 Å². The van der Waals surface area contributed by atoms with Crippen molar-refractivity contribution in [2.45, 2.75) is 25.0 Å². The summed E-state index contributed by atoms with van der Waals surface area (Å²) in [6, 6.07) is 10.9. The number of aliphatic imine (C=N–C) groups is 2. The highest BCUT2D eigenvalue weighted by molar-refractivity contribution is 9.10. The molecule has 2 N–H and O–H groups in total. The summed E-state index contributed by atoms with van der Waals surface area (Å²) < 4.78 is 10.7. The molecule has 0 saturated heterocycles. The molecule has 0 saturated carbocycles. The zero-order valence-electron chi connectivity index (χ0n) is 17.4. The summed E-state index contributed by atoms with van der Waals surface area (Å²) in [6.07, 6.45) is 1.58. The number of pyridine rings is 1. The molecule has 0 fully saturated rings. The van der Waals surface area contributed by atoms with Crippen molar-refractivity contribution < 1.29 is 19.4 Å². The molecule has 0 aliphatic carbocycles. The number of benzene rings is 1. The third-order valence-corrected chi connectivity index (χ3v) is 5.18. The third kappa shape index (κ3) is 6.19. The number of hydrogen-bond acceptors (Lipinski definition) is 8. The Labute approximate surface area is 189 Å². The molecule has 164 valence electrons. The molecule has 2 aromatic rings. The standard InChI is InChI=1S/C22H25BrN4O4/c1-30-13-15(28)12-25-22-19(8-9-20(29)31-2)26-21(18-5-3-4-10-24-18)16-11-14(23)6-7-17(16)27-22/h3-7,10-11,15,19,28H,8-9,12-13H2,1-2H3,(H,25,27)/t15?,19-/m0/s1. The lowest BCUT2D eigenvalue weighted by Gasteiger charge is -2.18. The van der Waals surface area contributed by atoms with E-state index in [-0.39, 0.29) is 25.5 Å². The van der Waals surface area contributed by atoms with E-state index in [0.717, 1.165) is 15.7 Å². The highest BCUT2D eigenvalue weighted by atomic mass is 79.9. The van der Waals surface area contributed by atoms with Gasteiger partial charge in [-0.15, -0.1) is 0 Å². The van der Waals surface area contributed by atoms with Crippen LogP contribution in [-0.2, 0) is 14.3 Å². The quantitative estimate of drug-likeness (QED) is 0.553. The van der Waals surface area contributed by atoms with Crippen molar-refractivity contribution in [3.05, 3.63) is 58.3 Å². The Morgan fingerprint density at radius 3 is 2.84 bits per heavy atom. The summed E-state index contributed by atoms with van der Waals surface area (Å²) in [7, 11) is 2.89. The predicted molar refractivity (Wildman–Crippen MR) is 122 cm³/mol. The highest BCUT2D eigenvalue weighted by Crippen LogP contribution is 2.30. The van der Waals surface area contributed by atoms with Crippen molar-refractivity contribution in [3.63, 3.8) is 0 Å². The van der Waals surface area contributed by atoms with Crippen LogP contribution < -0.4 is 5.32 Å². The van der Waals surface area contributed by atoms with Crippen molar-refractivity contribution in [1.29, 1.82) is 0 Å². The maximum Gasteiger partial charge on any atom is 0.305 e. The Morgan fingerprint density at radius 1 is 1.29 bits per heavy atom. The first-order valence-corrected chi connectivity index (χ1v) is 10.7. The number of aliphatic hydroxyl groups excluding tert-OH is 1. The Hall–Kier alpha value is -2.62. The summed E-state index contributed by atoms with van der Waals surface area (Å²) >= 11 is 3.52. The second kappa shape index (κ2) is 11.1. The number of carbonyl (C=O) groups excluding carboxylic acids is 1. The SMILES string of the molecule is COCC(O)CNC1=Nc2ccc(Br)cc2C(c2ccccn2)=N[C@H]1CCC(=O)OC. The maximum absolute atomic E-state index is 11.8. The van der Waals surface area contributed by atoms with Crippen molar-refractivity contribution in [2.24, 2.45) is 9.98 Å². The topological polar surface area (TPSA) is 105 Å². The number of methoxy groups -OCH3 is 2. The molecule has 8 nitrogen and oxygen atoms in total. The number of nitrogens with one attached hydrogen (secondary N) is 1. The van der Waals surface area contributed by atoms with Crippen LogP contribution in [0, 0.1) is 0 Å². The number of rotatable bonds is 8. The second-order valence-electron chi connectivity index (χ2n) is 6.97. The molecule has 1 aliphatic heterocycles. The maximum atomic E-state index is 11.8. The predicted octanol–water partition coefficient (Wildman–Crippen LogP) is 2.64. The van der Waals surface area contributed by atoms with E-state index in [1.54, 1.807) is 6.20 Å². The Bertz CT molecular complexity index is 965. The van der Waals surface area contributed by atoms with Gasteiger partial charge >= 0.3 is 5.97 Å². The van der Waals surface area contributed by atoms with Gasteiger partial charge in [0.1, 0.15) is 11.9 Å². The molecule has 1 aromatic carbocycles. The highest BCUT2D eigenvalue weighted by Gasteiger charge is 2.25. The van der Waals surface area contributed by atoms with Gasteiger partial charge < -0.3 is 19.9 Å². The summed E-state index contributed by atoms with van der Waals surface area (Å²) in [5, 5.41) is 13.3. The molecular weight excluding hydrogens is 464 g/mol. The van der Waals surface area contributed by atoms with Gasteiger partial charge in [0.2, 0.25) is 0 Å². The summed E-state index contributed by atoms with van der Waals surface area (Å²) in [6.45, 7) is 0.431. The van der Waals surface area contributed by atoms with E-state index in [0.29, 0.717) is 23.7 Å². The van der Waals surface area contributed by atoms with Crippen LogP contribution in [0.5, 0.6) is 0 Å². The van der Waals surface area contributed by atoms with Crippen LogP contribution in [0.2, 0.25) is 0 Å². The van der Waals surface area contributed by atoms with Gasteiger partial charge in [-0.1, -0.05) is 22.0 Å². The minimum atomic E-state index is -0.708. The van der Waals surface area contributed by atoms with Crippen LogP contribution in [0.1, 0.15) is 24.1 Å². The molecule has 3 rings (SSSR count). The van der Waals surface area contributed by atoms with Gasteiger partial charge in [0.15, 0.2) is 0 Å². The first-order chi connectivity index (χ1) is 15.0. The summed E-state index contributed by atoms with van der Waals surface area (Å²) in [4.78, 5) is 26.1. The molecule has 0 bridgehead atoms. The number of amidine groups is 1. The fraction of sp³-hybridized carbons (Fsp3) is 0.364. The number of nitrogens with zero attached hydrogens (tertiary/aromatic N) is 3. The summed E-state index contributed by atoms with van der Waals surface area (Å²) in [5.74, 6) is 0.242. The molecule has 0 spiro atoms. The van der Waals surface area contributed by atoms with Gasteiger partial charge in [-0.2, -0.15) is 0 Å². The van der Waals surface area contributed by atoms with Gasteiger partial charge in [0, 0.05) is 36.3 Å². The van der Waals surface area contributed by atoms with Crippen molar-refractivity contribution in [3.8, 4) is 0 Å². The van der Waals surface area contributed by atoms with Crippen molar-refractivity contribution in [1.82, 2.24) is 10.3 Å². The number of carbonyl (C=O) groups is 1. The third-order valence-electron chi connectivity index (χ3n) is 4.69. The Kier molecular flexibility index (Phi) is 8.27. The van der Waals surface area contributed by atoms with Gasteiger partial charge in [0.25, 0.3) is 0 Å². The molecule has 2 heterocycles. The molecule has 0 radical (unpaired) electrons. The monoisotopic (exact) mass is 488 g/mol. The number of halogens is 1. The van der Waals surface area contributed by atoms with E-state index >= 15 is 0 Å². The molecular formula is C22H25BrN4O4. The number of ether oxygens (including phenoxy) is 2. The first kappa shape index (κ1) is 23.1. The molecule has 1 aliphatic rings. The van der Waals surface area contributed by atoms with Crippen molar-refractivity contribution in [2.75, 3.05) is 27.4 Å². The van der Waals surface area contributed by atoms with Gasteiger partial charge in [-0.3, -0.25) is 14.8 Å². The Morgan fingerprint density at radius 2 is 2.13 bits per heavy atom. The smallest absolute Gasteiger partial charge is 0.305 e. The van der Waals surface area contributed by atoms with Gasteiger partial charge in [-0.25, -0.2) is 4.99 Å². The van der Waals surface area contributed by atoms with Gasteiger partial charge in [0.05, 0.1) is 36.9 Å². The fourth-order valence-electron chi connectivity index (χ4n) is 3.18. The lowest BCUT2D eigenvalue weighted by molar-refractivity contribution is -0.140. The minimum Gasteiger partial charge on any atom is -0.469 e. The van der Waals surface area contributed by atoms with Crippen LogP contribution in [0.4, 0.5) is 5.69 Å². The number of fused-ring (bicyclic) bond motifs is 1. The molecule has 1 unspecified atom stereocenters. The average molecular weight is 489 g/mol. The van der Waals surface area contributed by atoms with E-state index in [1.807, 2.05) is 36.4 Å². The van der Waals surface area contributed by atoms with Crippen LogP contribution >= 0.6 is 15.9 Å². The molecule has 31 heavy (non-hydrogen) atoms. The molecule has 9 heteroatoms.